The first kappa shape index (κ1) is 25.9. The SMILES string of the molecule is C=C(Br)C(=O)Nc1ccc2c(c1)cc(C(=O)NCCCCCCNc1nsc3nc4ccccc4n13)n2C. The van der Waals surface area contributed by atoms with E-state index < -0.39 is 0 Å². The molecule has 3 N–H and O–H groups in total. The number of rotatable bonds is 11. The Kier molecular flexibility index (Phi) is 7.75. The number of aryl methyl sites for hydroxylation is 1. The number of nitrogens with one attached hydrogen (secondary N) is 3. The molecule has 0 saturated carbocycles. The van der Waals surface area contributed by atoms with E-state index in [1.807, 2.05) is 48.0 Å². The predicted molar refractivity (Wildman–Crippen MR) is 157 cm³/mol. The lowest BCUT2D eigenvalue weighted by Crippen LogP contribution is -2.26. The Hall–Kier alpha value is -3.70. The van der Waals surface area contributed by atoms with Crippen molar-refractivity contribution < 1.29 is 9.59 Å². The van der Waals surface area contributed by atoms with Crippen molar-refractivity contribution in [2.24, 2.45) is 7.05 Å². The van der Waals surface area contributed by atoms with Crippen molar-refractivity contribution in [1.82, 2.24) is 23.6 Å². The summed E-state index contributed by atoms with van der Waals surface area (Å²) in [4.78, 5) is 30.1. The number of amides is 2. The van der Waals surface area contributed by atoms with Crippen LogP contribution in [0.5, 0.6) is 0 Å². The highest BCUT2D eigenvalue weighted by molar-refractivity contribution is 9.12. The van der Waals surface area contributed by atoms with Gasteiger partial charge in [0.1, 0.15) is 5.69 Å². The van der Waals surface area contributed by atoms with Crippen LogP contribution in [-0.4, -0.2) is 43.2 Å². The Labute approximate surface area is 232 Å². The molecule has 0 spiro atoms. The zero-order valence-corrected chi connectivity index (χ0v) is 23.4. The minimum Gasteiger partial charge on any atom is -0.355 e. The molecule has 9 nitrogen and oxygen atoms in total. The van der Waals surface area contributed by atoms with Gasteiger partial charge in [-0.25, -0.2) is 4.98 Å². The van der Waals surface area contributed by atoms with Crippen molar-refractivity contribution in [3.8, 4) is 0 Å². The molecule has 5 aromatic rings. The molecule has 5 rings (SSSR count). The molecule has 0 aliphatic rings. The summed E-state index contributed by atoms with van der Waals surface area (Å²) in [6.07, 6.45) is 4.02. The van der Waals surface area contributed by atoms with Gasteiger partial charge >= 0.3 is 0 Å². The second kappa shape index (κ2) is 11.4. The molecule has 0 saturated heterocycles. The molecule has 196 valence electrons. The molecule has 0 fully saturated rings. The quantitative estimate of drug-likeness (QED) is 0.135. The Morgan fingerprint density at radius 3 is 2.63 bits per heavy atom. The molecule has 0 aliphatic heterocycles. The van der Waals surface area contributed by atoms with E-state index in [9.17, 15) is 9.59 Å². The maximum Gasteiger partial charge on any atom is 0.267 e. The summed E-state index contributed by atoms with van der Waals surface area (Å²) in [5, 5.41) is 10.1. The molecule has 2 aromatic carbocycles. The van der Waals surface area contributed by atoms with Gasteiger partial charge in [-0.2, -0.15) is 4.37 Å². The normalized spacial score (nSPS) is 11.3. The van der Waals surface area contributed by atoms with Crippen LogP contribution in [0.3, 0.4) is 0 Å². The number of carbonyl (C=O) groups excluding carboxylic acids is 2. The molecule has 0 unspecified atom stereocenters. The molecule has 2 amide bonds. The van der Waals surface area contributed by atoms with E-state index in [4.69, 9.17) is 0 Å². The van der Waals surface area contributed by atoms with Crippen LogP contribution in [0.2, 0.25) is 0 Å². The number of hydrogen-bond acceptors (Lipinski definition) is 6. The number of anilines is 2. The summed E-state index contributed by atoms with van der Waals surface area (Å²) in [5.41, 5.74) is 4.19. The monoisotopic (exact) mass is 593 g/mol. The fourth-order valence-corrected chi connectivity index (χ4v) is 5.27. The second-order valence-corrected chi connectivity index (χ2v) is 10.7. The fraction of sp³-hybridized carbons (Fsp3) is 0.259. The number of para-hydroxylation sites is 2. The third-order valence-corrected chi connectivity index (χ3v) is 7.47. The molecule has 0 bridgehead atoms. The van der Waals surface area contributed by atoms with Gasteiger partial charge in [0.2, 0.25) is 10.9 Å². The van der Waals surface area contributed by atoms with E-state index >= 15 is 0 Å². The molecule has 11 heteroatoms. The predicted octanol–water partition coefficient (Wildman–Crippen LogP) is 5.69. The van der Waals surface area contributed by atoms with Gasteiger partial charge < -0.3 is 20.5 Å². The lowest BCUT2D eigenvalue weighted by molar-refractivity contribution is -0.112. The lowest BCUT2D eigenvalue weighted by atomic mass is 10.2. The summed E-state index contributed by atoms with van der Waals surface area (Å²) in [5.74, 6) is 0.426. The van der Waals surface area contributed by atoms with Gasteiger partial charge in [-0.05, 0) is 65.2 Å². The number of imidazole rings is 1. The smallest absolute Gasteiger partial charge is 0.267 e. The maximum absolute atomic E-state index is 12.8. The van der Waals surface area contributed by atoms with Gasteiger partial charge in [0.25, 0.3) is 11.8 Å². The fourth-order valence-electron chi connectivity index (χ4n) is 4.45. The Morgan fingerprint density at radius 2 is 1.82 bits per heavy atom. The van der Waals surface area contributed by atoms with Crippen LogP contribution in [-0.2, 0) is 11.8 Å². The molecule has 0 radical (unpaired) electrons. The zero-order chi connectivity index (χ0) is 26.6. The van der Waals surface area contributed by atoms with Gasteiger partial charge in [0.05, 0.1) is 15.5 Å². The van der Waals surface area contributed by atoms with Crippen molar-refractivity contribution in [2.75, 3.05) is 23.7 Å². The standard InChI is InChI=1S/C27H28BrN7O2S/c1-17(28)24(36)31-19-11-12-21-18(15-19)16-23(34(21)2)25(37)29-13-7-3-4-8-14-30-26-33-38-27-32-20-9-5-6-10-22(20)35(26)27/h5-6,9-12,15-16H,1,3-4,7-8,13-14H2,2H3,(H,29,37)(H,30,33)(H,31,36). The van der Waals surface area contributed by atoms with Crippen LogP contribution < -0.4 is 16.0 Å². The van der Waals surface area contributed by atoms with Crippen LogP contribution in [0.25, 0.3) is 26.9 Å². The zero-order valence-electron chi connectivity index (χ0n) is 21.0. The average Bonchev–Trinajstić information content (AvgIpc) is 3.57. The van der Waals surface area contributed by atoms with Crippen LogP contribution in [0.15, 0.2) is 59.6 Å². The first-order chi connectivity index (χ1) is 18.4. The van der Waals surface area contributed by atoms with Gasteiger partial charge in [-0.15, -0.1) is 0 Å². The van der Waals surface area contributed by atoms with E-state index in [-0.39, 0.29) is 16.3 Å². The number of unbranched alkanes of at least 4 members (excludes halogenated alkanes) is 3. The Bertz CT molecular complexity index is 1650. The van der Waals surface area contributed by atoms with Gasteiger partial charge in [0, 0.05) is 48.3 Å². The van der Waals surface area contributed by atoms with E-state index in [2.05, 4.69) is 58.3 Å². The maximum atomic E-state index is 12.8. The van der Waals surface area contributed by atoms with Crippen LogP contribution in [0.1, 0.15) is 36.2 Å². The lowest BCUT2D eigenvalue weighted by Gasteiger charge is -2.07. The average molecular weight is 595 g/mol. The van der Waals surface area contributed by atoms with Crippen LogP contribution in [0, 0.1) is 0 Å². The number of hydrogen-bond donors (Lipinski definition) is 3. The Morgan fingerprint density at radius 1 is 1.03 bits per heavy atom. The highest BCUT2D eigenvalue weighted by Crippen LogP contribution is 2.25. The summed E-state index contributed by atoms with van der Waals surface area (Å²) in [6.45, 7) is 5.03. The van der Waals surface area contributed by atoms with Gasteiger partial charge in [0.15, 0.2) is 0 Å². The molecular formula is C27H28BrN7O2S. The molecule has 3 heterocycles. The molecule has 38 heavy (non-hydrogen) atoms. The van der Waals surface area contributed by atoms with Crippen LogP contribution in [0.4, 0.5) is 11.6 Å². The van der Waals surface area contributed by atoms with E-state index in [0.29, 0.717) is 17.9 Å². The molecular weight excluding hydrogens is 566 g/mol. The van der Waals surface area contributed by atoms with Gasteiger partial charge in [-0.1, -0.05) is 31.6 Å². The highest BCUT2D eigenvalue weighted by Gasteiger charge is 2.14. The minimum absolute atomic E-state index is 0.107. The summed E-state index contributed by atoms with van der Waals surface area (Å²) in [7, 11) is 1.87. The number of nitrogens with zero attached hydrogens (tertiary/aromatic N) is 4. The van der Waals surface area contributed by atoms with E-state index in [1.54, 1.807) is 6.07 Å². The van der Waals surface area contributed by atoms with E-state index in [0.717, 1.165) is 65.1 Å². The minimum atomic E-state index is -0.304. The van der Waals surface area contributed by atoms with E-state index in [1.165, 1.54) is 11.5 Å². The number of halogens is 1. The summed E-state index contributed by atoms with van der Waals surface area (Å²) < 4.78 is 8.70. The number of fused-ring (bicyclic) bond motifs is 4. The van der Waals surface area contributed by atoms with Crippen LogP contribution >= 0.6 is 27.5 Å². The Balaban J connectivity index is 1.05. The van der Waals surface area contributed by atoms with Crippen molar-refractivity contribution in [1.29, 1.82) is 0 Å². The molecule has 0 atom stereocenters. The highest BCUT2D eigenvalue weighted by atomic mass is 79.9. The third kappa shape index (κ3) is 5.44. The first-order valence-corrected chi connectivity index (χ1v) is 14.0. The summed E-state index contributed by atoms with van der Waals surface area (Å²) in [6, 6.07) is 15.5. The van der Waals surface area contributed by atoms with Crippen molar-refractivity contribution in [2.45, 2.75) is 25.7 Å². The molecule has 3 aromatic heterocycles. The topological polar surface area (TPSA) is 105 Å². The van der Waals surface area contributed by atoms with Gasteiger partial charge in [-0.3, -0.25) is 14.0 Å². The number of aromatic nitrogens is 4. The third-order valence-electron chi connectivity index (χ3n) is 6.41. The number of benzene rings is 2. The number of carbonyl (C=O) groups is 2. The van der Waals surface area contributed by atoms with Crippen molar-refractivity contribution in [3.05, 3.63) is 65.3 Å². The molecule has 0 aliphatic carbocycles. The van der Waals surface area contributed by atoms with Crippen molar-refractivity contribution >= 4 is 77.8 Å². The summed E-state index contributed by atoms with van der Waals surface area (Å²) >= 11 is 4.48. The van der Waals surface area contributed by atoms with Crippen molar-refractivity contribution in [3.63, 3.8) is 0 Å². The largest absolute Gasteiger partial charge is 0.355 e. The second-order valence-electron chi connectivity index (χ2n) is 9.04. The first-order valence-electron chi connectivity index (χ1n) is 12.4.